The Morgan fingerprint density at radius 3 is 2.54 bits per heavy atom. The van der Waals surface area contributed by atoms with Crippen LogP contribution in [0.3, 0.4) is 0 Å². The second kappa shape index (κ2) is 9.32. The van der Waals surface area contributed by atoms with Crippen molar-refractivity contribution in [3.63, 3.8) is 0 Å². The van der Waals surface area contributed by atoms with Gasteiger partial charge in [-0.1, -0.05) is 47.7 Å². The molecule has 8 heteroatoms. The number of nitrogens with zero attached hydrogens (tertiary/aromatic N) is 1. The van der Waals surface area contributed by atoms with Gasteiger partial charge in [0, 0.05) is 23.7 Å². The third-order valence-corrected chi connectivity index (χ3v) is 5.58. The summed E-state index contributed by atoms with van der Waals surface area (Å²) in [7, 11) is 0. The highest BCUT2D eigenvalue weighted by molar-refractivity contribution is 8.26. The van der Waals surface area contributed by atoms with E-state index in [9.17, 15) is 14.0 Å². The lowest BCUT2D eigenvalue weighted by Crippen LogP contribution is -2.29. The first kappa shape index (κ1) is 20.5. The van der Waals surface area contributed by atoms with Crippen LogP contribution in [0.25, 0.3) is 6.08 Å². The maximum Gasteiger partial charge on any atom is 0.266 e. The van der Waals surface area contributed by atoms with Gasteiger partial charge in [-0.2, -0.15) is 0 Å². The van der Waals surface area contributed by atoms with Gasteiger partial charge in [0.1, 0.15) is 10.1 Å². The lowest BCUT2D eigenvalue weighted by molar-refractivity contribution is -0.122. The zero-order valence-corrected chi connectivity index (χ0v) is 17.0. The van der Waals surface area contributed by atoms with E-state index in [1.54, 1.807) is 42.5 Å². The fourth-order valence-electron chi connectivity index (χ4n) is 2.56. The maximum absolute atomic E-state index is 13.0. The van der Waals surface area contributed by atoms with E-state index in [-0.39, 0.29) is 24.1 Å². The maximum atomic E-state index is 13.0. The number of carbonyl (C=O) groups is 2. The van der Waals surface area contributed by atoms with Crippen LogP contribution in [0.15, 0.2) is 53.4 Å². The van der Waals surface area contributed by atoms with E-state index in [1.165, 1.54) is 28.8 Å². The number of rotatable bonds is 6. The third-order valence-electron chi connectivity index (χ3n) is 3.95. The summed E-state index contributed by atoms with van der Waals surface area (Å²) >= 11 is 12.3. The number of amides is 2. The first-order valence-corrected chi connectivity index (χ1v) is 10.1. The van der Waals surface area contributed by atoms with Gasteiger partial charge in [0.15, 0.2) is 0 Å². The first-order chi connectivity index (χ1) is 13.4. The van der Waals surface area contributed by atoms with Gasteiger partial charge >= 0.3 is 0 Å². The second-order valence-electron chi connectivity index (χ2n) is 6.04. The van der Waals surface area contributed by atoms with E-state index in [0.29, 0.717) is 32.9 Å². The van der Waals surface area contributed by atoms with Crippen LogP contribution >= 0.6 is 35.6 Å². The summed E-state index contributed by atoms with van der Waals surface area (Å²) in [6.07, 6.45) is 2.43. The van der Waals surface area contributed by atoms with Crippen molar-refractivity contribution < 1.29 is 14.0 Å². The van der Waals surface area contributed by atoms with Crippen molar-refractivity contribution in [2.45, 2.75) is 12.8 Å². The molecule has 28 heavy (non-hydrogen) atoms. The molecule has 0 radical (unpaired) electrons. The molecule has 0 unspecified atom stereocenters. The van der Waals surface area contributed by atoms with Crippen molar-refractivity contribution in [2.24, 2.45) is 0 Å². The molecule has 4 nitrogen and oxygen atoms in total. The van der Waals surface area contributed by atoms with Gasteiger partial charge in [0.05, 0.1) is 4.91 Å². The zero-order chi connectivity index (χ0) is 20.1. The Labute approximate surface area is 176 Å². The van der Waals surface area contributed by atoms with E-state index in [1.807, 2.05) is 0 Å². The molecule has 3 rings (SSSR count). The van der Waals surface area contributed by atoms with Crippen LogP contribution in [0.1, 0.15) is 18.4 Å². The highest BCUT2D eigenvalue weighted by atomic mass is 35.5. The van der Waals surface area contributed by atoms with Crippen LogP contribution < -0.4 is 5.32 Å². The quantitative estimate of drug-likeness (QED) is 0.507. The number of hydrogen-bond donors (Lipinski definition) is 1. The van der Waals surface area contributed by atoms with Crippen LogP contribution in [0.2, 0.25) is 5.02 Å². The molecule has 0 bridgehead atoms. The minimum absolute atomic E-state index is 0.144. The molecule has 1 saturated heterocycles. The Bertz CT molecular complexity index is 930. The normalized spacial score (nSPS) is 15.4. The predicted octanol–water partition coefficient (Wildman–Crippen LogP) is 5.10. The Kier molecular flexibility index (Phi) is 6.83. The molecule has 2 aromatic rings. The summed E-state index contributed by atoms with van der Waals surface area (Å²) in [6.45, 7) is 0.361. The molecular weight excluding hydrogens is 419 g/mol. The molecule has 1 heterocycles. The zero-order valence-electron chi connectivity index (χ0n) is 14.7. The van der Waals surface area contributed by atoms with E-state index in [0.717, 1.165) is 5.56 Å². The van der Waals surface area contributed by atoms with Crippen molar-refractivity contribution in [1.29, 1.82) is 0 Å². The number of halogens is 2. The largest absolute Gasteiger partial charge is 0.326 e. The lowest BCUT2D eigenvalue weighted by Gasteiger charge is -2.14. The fraction of sp³-hybridized carbons (Fsp3) is 0.150. The van der Waals surface area contributed by atoms with Crippen LogP contribution in [-0.2, 0) is 9.59 Å². The van der Waals surface area contributed by atoms with Crippen LogP contribution in [0.5, 0.6) is 0 Å². The second-order valence-corrected chi connectivity index (χ2v) is 8.16. The van der Waals surface area contributed by atoms with Gasteiger partial charge in [-0.05, 0) is 54.5 Å². The molecule has 0 saturated carbocycles. The number of hydrogen-bond acceptors (Lipinski definition) is 4. The minimum Gasteiger partial charge on any atom is -0.326 e. The van der Waals surface area contributed by atoms with Crippen LogP contribution in [0, 0.1) is 5.82 Å². The molecule has 0 aliphatic carbocycles. The number of nitrogens with one attached hydrogen (secondary N) is 1. The monoisotopic (exact) mass is 434 g/mol. The summed E-state index contributed by atoms with van der Waals surface area (Å²) in [4.78, 5) is 26.6. The van der Waals surface area contributed by atoms with Crippen LogP contribution in [0.4, 0.5) is 10.1 Å². The number of benzene rings is 2. The highest BCUT2D eigenvalue weighted by Crippen LogP contribution is 2.32. The number of carbonyl (C=O) groups excluding carboxylic acids is 2. The third kappa shape index (κ3) is 5.41. The van der Waals surface area contributed by atoms with Crippen molar-refractivity contribution in [3.05, 3.63) is 69.8 Å². The summed E-state index contributed by atoms with van der Waals surface area (Å²) in [5.74, 6) is -0.673. The average Bonchev–Trinajstić information content (AvgIpc) is 2.93. The Balaban J connectivity index is 1.52. The molecule has 1 aliphatic heterocycles. The molecule has 0 atom stereocenters. The van der Waals surface area contributed by atoms with Crippen LogP contribution in [-0.4, -0.2) is 27.6 Å². The summed E-state index contributed by atoms with van der Waals surface area (Å²) in [5, 5.41) is 3.38. The first-order valence-electron chi connectivity index (χ1n) is 8.49. The van der Waals surface area contributed by atoms with Crippen molar-refractivity contribution >= 4 is 63.5 Å². The SMILES string of the molecule is O=C(CCCN1C(=O)/C(=C/c2ccc(F)cc2)SC1=S)Nc1ccc(Cl)cc1. The summed E-state index contributed by atoms with van der Waals surface area (Å²) < 4.78 is 13.5. The fourth-order valence-corrected chi connectivity index (χ4v) is 3.99. The van der Waals surface area contributed by atoms with Gasteiger partial charge in [-0.15, -0.1) is 0 Å². The van der Waals surface area contributed by atoms with Gasteiger partial charge in [-0.25, -0.2) is 4.39 Å². The van der Waals surface area contributed by atoms with Gasteiger partial charge in [0.2, 0.25) is 5.91 Å². The Hall–Kier alpha value is -2.22. The molecule has 2 amide bonds. The minimum atomic E-state index is -0.332. The number of thioether (sulfide) groups is 1. The molecule has 144 valence electrons. The summed E-state index contributed by atoms with van der Waals surface area (Å²) in [5.41, 5.74) is 1.39. The highest BCUT2D eigenvalue weighted by Gasteiger charge is 2.31. The summed E-state index contributed by atoms with van der Waals surface area (Å²) in [6, 6.07) is 12.7. The molecule has 0 spiro atoms. The molecule has 1 N–H and O–H groups in total. The Morgan fingerprint density at radius 1 is 1.18 bits per heavy atom. The van der Waals surface area contributed by atoms with E-state index < -0.39 is 0 Å². The van der Waals surface area contributed by atoms with E-state index in [2.05, 4.69) is 5.32 Å². The Morgan fingerprint density at radius 2 is 1.86 bits per heavy atom. The number of thiocarbonyl (C=S) groups is 1. The molecule has 2 aromatic carbocycles. The van der Waals surface area contributed by atoms with Gasteiger partial charge in [-0.3, -0.25) is 14.5 Å². The van der Waals surface area contributed by atoms with Gasteiger partial charge in [0.25, 0.3) is 5.91 Å². The average molecular weight is 435 g/mol. The standard InChI is InChI=1S/C20H16ClFN2O2S2/c21-14-5-9-16(10-6-14)23-18(25)2-1-11-24-19(26)17(28-20(24)27)12-13-3-7-15(22)8-4-13/h3-10,12H,1-2,11H2,(H,23,25)/b17-12-. The molecule has 1 fully saturated rings. The molecular formula is C20H16ClFN2O2S2. The topological polar surface area (TPSA) is 49.4 Å². The molecule has 0 aromatic heterocycles. The lowest BCUT2D eigenvalue weighted by atomic mass is 10.2. The van der Waals surface area contributed by atoms with Crippen molar-refractivity contribution in [3.8, 4) is 0 Å². The van der Waals surface area contributed by atoms with E-state index >= 15 is 0 Å². The van der Waals surface area contributed by atoms with Gasteiger partial charge < -0.3 is 5.32 Å². The smallest absolute Gasteiger partial charge is 0.266 e. The van der Waals surface area contributed by atoms with E-state index in [4.69, 9.17) is 23.8 Å². The predicted molar refractivity (Wildman–Crippen MR) is 116 cm³/mol. The van der Waals surface area contributed by atoms with Crippen molar-refractivity contribution in [1.82, 2.24) is 4.90 Å². The molecule has 1 aliphatic rings. The number of anilines is 1. The van der Waals surface area contributed by atoms with Crippen molar-refractivity contribution in [2.75, 3.05) is 11.9 Å².